The van der Waals surface area contributed by atoms with Crippen molar-refractivity contribution < 1.29 is 9.63 Å². The van der Waals surface area contributed by atoms with Gasteiger partial charge in [0.25, 0.3) is 0 Å². The Bertz CT molecular complexity index is 706. The highest BCUT2D eigenvalue weighted by Crippen LogP contribution is 2.40. The van der Waals surface area contributed by atoms with E-state index in [1.54, 1.807) is 0 Å². The Balaban J connectivity index is 1.73. The SMILES string of the molecule is O=C(C1=NOC2Cc3ccccc3C12)c1ccccc1. The number of fused-ring (bicyclic) bond motifs is 3. The molecule has 3 heteroatoms. The van der Waals surface area contributed by atoms with E-state index < -0.39 is 0 Å². The maximum atomic E-state index is 12.6. The first kappa shape index (κ1) is 11.4. The smallest absolute Gasteiger partial charge is 0.211 e. The number of ketones is 1. The molecule has 4 rings (SSSR count). The zero-order chi connectivity index (χ0) is 13.5. The van der Waals surface area contributed by atoms with E-state index in [1.807, 2.05) is 42.5 Å². The average Bonchev–Trinajstić information content (AvgIpc) is 3.06. The summed E-state index contributed by atoms with van der Waals surface area (Å²) in [5.74, 6) is -0.0475. The number of hydrogen-bond acceptors (Lipinski definition) is 3. The lowest BCUT2D eigenvalue weighted by atomic mass is 9.90. The van der Waals surface area contributed by atoms with Gasteiger partial charge in [0.2, 0.25) is 5.78 Å². The number of hydrogen-bond donors (Lipinski definition) is 0. The first-order valence-corrected chi connectivity index (χ1v) is 6.76. The number of benzene rings is 2. The number of carbonyl (C=O) groups is 1. The second-order valence-electron chi connectivity index (χ2n) is 5.20. The van der Waals surface area contributed by atoms with E-state index in [9.17, 15) is 4.79 Å². The standard InChI is InChI=1S/C17H13NO2/c19-17(11-6-2-1-3-7-11)16-15-13-9-5-4-8-12(13)10-14(15)20-18-16/h1-9,14-15H,10H2. The van der Waals surface area contributed by atoms with Crippen LogP contribution in [0.1, 0.15) is 27.4 Å². The molecular weight excluding hydrogens is 250 g/mol. The van der Waals surface area contributed by atoms with Crippen molar-refractivity contribution in [3.05, 3.63) is 71.3 Å². The summed E-state index contributed by atoms with van der Waals surface area (Å²) in [6.07, 6.45) is 0.811. The van der Waals surface area contributed by atoms with Gasteiger partial charge in [-0.3, -0.25) is 4.79 Å². The number of Topliss-reactive ketones (excluding diaryl/α,β-unsaturated/α-hetero) is 1. The Hall–Kier alpha value is -2.42. The number of nitrogens with zero attached hydrogens (tertiary/aromatic N) is 1. The molecule has 0 fully saturated rings. The maximum Gasteiger partial charge on any atom is 0.211 e. The molecule has 1 aliphatic heterocycles. The van der Waals surface area contributed by atoms with Crippen molar-refractivity contribution in [2.45, 2.75) is 18.4 Å². The second kappa shape index (κ2) is 4.30. The van der Waals surface area contributed by atoms with Crippen LogP contribution in [-0.2, 0) is 11.3 Å². The molecule has 2 aromatic carbocycles. The predicted molar refractivity (Wildman–Crippen MR) is 76.0 cm³/mol. The van der Waals surface area contributed by atoms with Crippen molar-refractivity contribution in [3.63, 3.8) is 0 Å². The molecule has 2 aromatic rings. The molecule has 1 heterocycles. The topological polar surface area (TPSA) is 38.7 Å². The van der Waals surface area contributed by atoms with Crippen molar-refractivity contribution in [3.8, 4) is 0 Å². The Kier molecular flexibility index (Phi) is 2.46. The van der Waals surface area contributed by atoms with E-state index in [4.69, 9.17) is 4.84 Å². The molecule has 0 amide bonds. The summed E-state index contributed by atoms with van der Waals surface area (Å²) in [6.45, 7) is 0. The first-order chi connectivity index (χ1) is 9.84. The van der Waals surface area contributed by atoms with E-state index in [-0.39, 0.29) is 17.8 Å². The number of carbonyl (C=O) groups excluding carboxylic acids is 1. The minimum Gasteiger partial charge on any atom is -0.391 e. The molecule has 0 N–H and O–H groups in total. The van der Waals surface area contributed by atoms with Crippen LogP contribution >= 0.6 is 0 Å². The molecule has 1 aliphatic carbocycles. The summed E-state index contributed by atoms with van der Waals surface area (Å²) in [5.41, 5.74) is 3.64. The van der Waals surface area contributed by atoms with E-state index in [2.05, 4.69) is 17.3 Å². The second-order valence-corrected chi connectivity index (χ2v) is 5.20. The van der Waals surface area contributed by atoms with Gasteiger partial charge in [-0.25, -0.2) is 0 Å². The summed E-state index contributed by atoms with van der Waals surface area (Å²) in [5, 5.41) is 4.06. The minimum atomic E-state index is -0.0326. The van der Waals surface area contributed by atoms with Gasteiger partial charge in [-0.05, 0) is 11.1 Å². The van der Waals surface area contributed by atoms with E-state index in [0.29, 0.717) is 11.3 Å². The third kappa shape index (κ3) is 1.59. The van der Waals surface area contributed by atoms with Crippen LogP contribution < -0.4 is 0 Å². The predicted octanol–water partition coefficient (Wildman–Crippen LogP) is 2.96. The van der Waals surface area contributed by atoms with Gasteiger partial charge in [-0.15, -0.1) is 0 Å². The van der Waals surface area contributed by atoms with Gasteiger partial charge in [-0.1, -0.05) is 59.8 Å². The Morgan fingerprint density at radius 1 is 1.05 bits per heavy atom. The fraction of sp³-hybridized carbons (Fsp3) is 0.176. The van der Waals surface area contributed by atoms with E-state index in [1.165, 1.54) is 11.1 Å². The van der Waals surface area contributed by atoms with Crippen LogP contribution in [0.15, 0.2) is 59.8 Å². The summed E-state index contributed by atoms with van der Waals surface area (Å²) < 4.78 is 0. The van der Waals surface area contributed by atoms with Crippen molar-refractivity contribution in [1.29, 1.82) is 0 Å². The molecule has 3 nitrogen and oxygen atoms in total. The molecular formula is C17H13NO2. The van der Waals surface area contributed by atoms with Gasteiger partial charge in [0.05, 0.1) is 5.92 Å². The highest BCUT2D eigenvalue weighted by molar-refractivity contribution is 6.48. The average molecular weight is 263 g/mol. The largest absolute Gasteiger partial charge is 0.391 e. The zero-order valence-corrected chi connectivity index (χ0v) is 10.8. The van der Waals surface area contributed by atoms with E-state index >= 15 is 0 Å². The molecule has 0 radical (unpaired) electrons. The first-order valence-electron chi connectivity index (χ1n) is 6.76. The van der Waals surface area contributed by atoms with Crippen LogP contribution in [0.2, 0.25) is 0 Å². The quantitative estimate of drug-likeness (QED) is 0.781. The molecule has 0 bridgehead atoms. The lowest BCUT2D eigenvalue weighted by Gasteiger charge is -2.10. The Morgan fingerprint density at radius 3 is 2.65 bits per heavy atom. The molecule has 2 unspecified atom stereocenters. The van der Waals surface area contributed by atoms with Gasteiger partial charge >= 0.3 is 0 Å². The van der Waals surface area contributed by atoms with Crippen LogP contribution in [0.5, 0.6) is 0 Å². The lowest BCUT2D eigenvalue weighted by molar-refractivity contribution is 0.0838. The van der Waals surface area contributed by atoms with E-state index in [0.717, 1.165) is 6.42 Å². The molecule has 20 heavy (non-hydrogen) atoms. The summed E-state index contributed by atoms with van der Waals surface area (Å²) in [6, 6.07) is 17.5. The Morgan fingerprint density at radius 2 is 1.80 bits per heavy atom. The minimum absolute atomic E-state index is 0.0149. The van der Waals surface area contributed by atoms with Crippen molar-refractivity contribution >= 4 is 11.5 Å². The van der Waals surface area contributed by atoms with Gasteiger partial charge in [-0.2, -0.15) is 0 Å². The molecule has 98 valence electrons. The molecule has 2 atom stereocenters. The van der Waals surface area contributed by atoms with Crippen molar-refractivity contribution in [2.24, 2.45) is 5.16 Å². The van der Waals surface area contributed by atoms with Gasteiger partial charge in [0.1, 0.15) is 11.8 Å². The lowest BCUT2D eigenvalue weighted by Crippen LogP contribution is -2.23. The molecule has 0 saturated heterocycles. The summed E-state index contributed by atoms with van der Waals surface area (Å²) in [4.78, 5) is 18.1. The number of oxime groups is 1. The Labute approximate surface area is 116 Å². The monoisotopic (exact) mass is 263 g/mol. The summed E-state index contributed by atoms with van der Waals surface area (Å²) in [7, 11) is 0. The fourth-order valence-electron chi connectivity index (χ4n) is 3.08. The van der Waals surface area contributed by atoms with Crippen molar-refractivity contribution in [1.82, 2.24) is 0 Å². The van der Waals surface area contributed by atoms with Crippen molar-refractivity contribution in [2.75, 3.05) is 0 Å². The van der Waals surface area contributed by atoms with Crippen LogP contribution in [-0.4, -0.2) is 17.6 Å². The maximum absolute atomic E-state index is 12.6. The highest BCUT2D eigenvalue weighted by atomic mass is 16.6. The van der Waals surface area contributed by atoms with Crippen LogP contribution in [0, 0.1) is 0 Å². The fourth-order valence-corrected chi connectivity index (χ4v) is 3.08. The molecule has 0 saturated carbocycles. The summed E-state index contributed by atoms with van der Waals surface area (Å²) >= 11 is 0. The van der Waals surface area contributed by atoms with Crippen LogP contribution in [0.3, 0.4) is 0 Å². The third-order valence-corrected chi connectivity index (χ3v) is 4.03. The normalized spacial score (nSPS) is 22.7. The van der Waals surface area contributed by atoms with Gasteiger partial charge in [0, 0.05) is 12.0 Å². The van der Waals surface area contributed by atoms with Gasteiger partial charge < -0.3 is 4.84 Å². The van der Waals surface area contributed by atoms with Gasteiger partial charge in [0.15, 0.2) is 0 Å². The molecule has 0 spiro atoms. The highest BCUT2D eigenvalue weighted by Gasteiger charge is 2.44. The zero-order valence-electron chi connectivity index (χ0n) is 10.8. The third-order valence-electron chi connectivity index (χ3n) is 4.03. The van der Waals surface area contributed by atoms with Crippen LogP contribution in [0.4, 0.5) is 0 Å². The molecule has 0 aromatic heterocycles. The van der Waals surface area contributed by atoms with Crippen LogP contribution in [0.25, 0.3) is 0 Å². The molecule has 2 aliphatic rings. The number of rotatable bonds is 2.